The maximum Gasteiger partial charge on any atom is 0.240 e. The lowest BCUT2D eigenvalue weighted by Gasteiger charge is -2.10. The van der Waals surface area contributed by atoms with Gasteiger partial charge in [-0.1, -0.05) is 72.8 Å². The number of hydrogen-bond donors (Lipinski definition) is 2. The lowest BCUT2D eigenvalue weighted by Crippen LogP contribution is -2.26. The van der Waals surface area contributed by atoms with Gasteiger partial charge in [0.25, 0.3) is 0 Å². The van der Waals surface area contributed by atoms with Crippen molar-refractivity contribution in [2.75, 3.05) is 11.9 Å². The minimum Gasteiger partial charge on any atom is -0.326 e. The van der Waals surface area contributed by atoms with E-state index in [0.717, 1.165) is 21.9 Å². The Labute approximate surface area is 188 Å². The summed E-state index contributed by atoms with van der Waals surface area (Å²) < 4.78 is 27.7. The van der Waals surface area contributed by atoms with E-state index in [1.807, 2.05) is 72.8 Å². The second-order valence-electron chi connectivity index (χ2n) is 7.52. The van der Waals surface area contributed by atoms with Crippen molar-refractivity contribution >= 4 is 32.4 Å². The zero-order valence-corrected chi connectivity index (χ0v) is 18.3. The molecule has 32 heavy (non-hydrogen) atoms. The van der Waals surface area contributed by atoms with Gasteiger partial charge in [0, 0.05) is 12.2 Å². The Morgan fingerprint density at radius 3 is 2.22 bits per heavy atom. The molecule has 5 nitrogen and oxygen atoms in total. The highest BCUT2D eigenvalue weighted by atomic mass is 32.2. The lowest BCUT2D eigenvalue weighted by molar-refractivity contribution is -0.115. The van der Waals surface area contributed by atoms with Crippen LogP contribution in [0.3, 0.4) is 0 Å². The Balaban J connectivity index is 1.36. The van der Waals surface area contributed by atoms with Gasteiger partial charge in [0.05, 0.1) is 11.3 Å². The fraction of sp³-hybridized carbons (Fsp3) is 0.115. The van der Waals surface area contributed by atoms with Crippen LogP contribution in [0.15, 0.2) is 102 Å². The van der Waals surface area contributed by atoms with Crippen molar-refractivity contribution in [1.29, 1.82) is 0 Å². The quantitative estimate of drug-likeness (QED) is 0.419. The van der Waals surface area contributed by atoms with Crippen LogP contribution in [0.5, 0.6) is 0 Å². The van der Waals surface area contributed by atoms with Crippen molar-refractivity contribution in [3.63, 3.8) is 0 Å². The normalized spacial score (nSPS) is 11.4. The summed E-state index contributed by atoms with van der Waals surface area (Å²) in [5.41, 5.74) is 2.57. The van der Waals surface area contributed by atoms with Crippen LogP contribution in [0, 0.1) is 0 Å². The maximum atomic E-state index is 12.5. The average Bonchev–Trinajstić information content (AvgIpc) is 2.80. The summed E-state index contributed by atoms with van der Waals surface area (Å²) in [5, 5.41) is 4.98. The molecule has 0 aliphatic carbocycles. The Morgan fingerprint density at radius 1 is 0.750 bits per heavy atom. The third-order valence-corrected chi connectivity index (χ3v) is 6.70. The summed E-state index contributed by atoms with van der Waals surface area (Å²) in [6, 6.07) is 29.8. The Morgan fingerprint density at radius 2 is 1.44 bits per heavy atom. The molecular weight excluding hydrogens is 420 g/mol. The summed E-state index contributed by atoms with van der Waals surface area (Å²) in [4.78, 5) is 12.7. The molecule has 162 valence electrons. The van der Waals surface area contributed by atoms with Gasteiger partial charge in [-0.15, -0.1) is 0 Å². The number of sulfonamides is 1. The van der Waals surface area contributed by atoms with E-state index in [2.05, 4.69) is 10.0 Å². The van der Waals surface area contributed by atoms with Crippen LogP contribution in [0.2, 0.25) is 0 Å². The van der Waals surface area contributed by atoms with Gasteiger partial charge in [0.15, 0.2) is 0 Å². The number of carbonyl (C=O) groups is 1. The van der Waals surface area contributed by atoms with E-state index in [0.29, 0.717) is 18.7 Å². The molecule has 4 aromatic carbocycles. The molecule has 2 N–H and O–H groups in total. The SMILES string of the molecule is O=C(Cc1cccc2ccccc12)Nc1ccc(S(=O)(=O)NCCc2ccccc2)cc1. The summed E-state index contributed by atoms with van der Waals surface area (Å²) in [5.74, 6) is -0.155. The van der Waals surface area contributed by atoms with Crippen LogP contribution in [0.1, 0.15) is 11.1 Å². The number of hydrogen-bond acceptors (Lipinski definition) is 3. The summed E-state index contributed by atoms with van der Waals surface area (Å²) in [7, 11) is -3.61. The fourth-order valence-corrected chi connectivity index (χ4v) is 4.63. The van der Waals surface area contributed by atoms with Crippen LogP contribution in [0.25, 0.3) is 10.8 Å². The first-order valence-electron chi connectivity index (χ1n) is 10.4. The molecule has 0 saturated heterocycles. The lowest BCUT2D eigenvalue weighted by atomic mass is 10.0. The Kier molecular flexibility index (Phi) is 6.63. The smallest absolute Gasteiger partial charge is 0.240 e. The molecule has 0 aliphatic heterocycles. The summed E-state index contributed by atoms with van der Waals surface area (Å²) >= 11 is 0. The third kappa shape index (κ3) is 5.41. The van der Waals surface area contributed by atoms with Gasteiger partial charge in [-0.25, -0.2) is 13.1 Å². The molecule has 0 spiro atoms. The van der Waals surface area contributed by atoms with E-state index in [4.69, 9.17) is 0 Å². The molecule has 0 aromatic heterocycles. The van der Waals surface area contributed by atoms with Crippen molar-refractivity contribution in [3.8, 4) is 0 Å². The molecule has 0 saturated carbocycles. The number of rotatable bonds is 8. The zero-order chi connectivity index (χ0) is 22.4. The van der Waals surface area contributed by atoms with E-state index in [9.17, 15) is 13.2 Å². The largest absolute Gasteiger partial charge is 0.326 e. The molecule has 0 aliphatic rings. The predicted molar refractivity (Wildman–Crippen MR) is 128 cm³/mol. The second-order valence-corrected chi connectivity index (χ2v) is 9.29. The zero-order valence-electron chi connectivity index (χ0n) is 17.5. The topological polar surface area (TPSA) is 75.3 Å². The van der Waals surface area contributed by atoms with Gasteiger partial charge in [-0.3, -0.25) is 4.79 Å². The molecule has 0 heterocycles. The third-order valence-electron chi connectivity index (χ3n) is 5.23. The number of amides is 1. The van der Waals surface area contributed by atoms with Crippen molar-refractivity contribution in [2.45, 2.75) is 17.7 Å². The van der Waals surface area contributed by atoms with E-state index in [1.54, 1.807) is 12.1 Å². The maximum absolute atomic E-state index is 12.5. The minimum atomic E-state index is -3.61. The molecular formula is C26H24N2O3S. The molecule has 0 fully saturated rings. The van der Waals surface area contributed by atoms with E-state index >= 15 is 0 Å². The summed E-state index contributed by atoms with van der Waals surface area (Å²) in [6.07, 6.45) is 0.852. The first-order valence-corrected chi connectivity index (χ1v) is 11.9. The highest BCUT2D eigenvalue weighted by Crippen LogP contribution is 2.20. The molecule has 0 atom stereocenters. The van der Waals surface area contributed by atoms with Gasteiger partial charge in [-0.2, -0.15) is 0 Å². The Hall–Kier alpha value is -3.48. The number of nitrogens with one attached hydrogen (secondary N) is 2. The second kappa shape index (κ2) is 9.77. The van der Waals surface area contributed by atoms with E-state index < -0.39 is 10.0 Å². The van der Waals surface area contributed by atoms with Crippen LogP contribution >= 0.6 is 0 Å². The number of benzene rings is 4. The molecule has 6 heteroatoms. The first kappa shape index (κ1) is 21.7. The molecule has 0 unspecified atom stereocenters. The van der Waals surface area contributed by atoms with Crippen molar-refractivity contribution in [3.05, 3.63) is 108 Å². The van der Waals surface area contributed by atoms with Crippen LogP contribution < -0.4 is 10.0 Å². The molecule has 0 bridgehead atoms. The average molecular weight is 445 g/mol. The molecule has 0 radical (unpaired) electrons. The standard InChI is InChI=1S/C26H24N2O3S/c29-26(19-22-11-6-10-21-9-4-5-12-25(21)22)28-23-13-15-24(16-14-23)32(30,31)27-18-17-20-7-2-1-3-8-20/h1-16,27H,17-19H2,(H,28,29). The molecule has 4 rings (SSSR count). The van der Waals surface area contributed by atoms with Crippen molar-refractivity contribution < 1.29 is 13.2 Å². The predicted octanol–water partition coefficient (Wildman–Crippen LogP) is 4.54. The van der Waals surface area contributed by atoms with Crippen LogP contribution in [-0.2, 0) is 27.7 Å². The van der Waals surface area contributed by atoms with Crippen molar-refractivity contribution in [2.24, 2.45) is 0 Å². The highest BCUT2D eigenvalue weighted by molar-refractivity contribution is 7.89. The highest BCUT2D eigenvalue weighted by Gasteiger charge is 2.14. The Bertz CT molecular complexity index is 1310. The van der Waals surface area contributed by atoms with Gasteiger partial charge >= 0.3 is 0 Å². The number of carbonyl (C=O) groups excluding carboxylic acids is 1. The van der Waals surface area contributed by atoms with Gasteiger partial charge < -0.3 is 5.32 Å². The number of anilines is 1. The fourth-order valence-electron chi connectivity index (χ4n) is 3.60. The van der Waals surface area contributed by atoms with Crippen LogP contribution in [0.4, 0.5) is 5.69 Å². The van der Waals surface area contributed by atoms with E-state index in [1.165, 1.54) is 12.1 Å². The minimum absolute atomic E-state index is 0.155. The monoisotopic (exact) mass is 444 g/mol. The summed E-state index contributed by atoms with van der Waals surface area (Å²) in [6.45, 7) is 0.315. The first-order chi connectivity index (χ1) is 15.5. The van der Waals surface area contributed by atoms with Gasteiger partial charge in [-0.05, 0) is 52.6 Å². The molecule has 4 aromatic rings. The number of fused-ring (bicyclic) bond motifs is 1. The van der Waals surface area contributed by atoms with Crippen LogP contribution in [-0.4, -0.2) is 20.9 Å². The van der Waals surface area contributed by atoms with E-state index in [-0.39, 0.29) is 17.2 Å². The van der Waals surface area contributed by atoms with Crippen molar-refractivity contribution in [1.82, 2.24) is 4.72 Å². The van der Waals surface area contributed by atoms with Gasteiger partial charge in [0.1, 0.15) is 0 Å². The van der Waals surface area contributed by atoms with Gasteiger partial charge in [0.2, 0.25) is 15.9 Å². The molecule has 1 amide bonds.